The van der Waals surface area contributed by atoms with E-state index in [1.807, 2.05) is 13.8 Å². The van der Waals surface area contributed by atoms with Gasteiger partial charge in [-0.05, 0) is 43.4 Å². The first-order valence-electron chi connectivity index (χ1n) is 26.5. The number of carbonyl (C=O) groups is 8. The molecule has 8 aromatic rings. The summed E-state index contributed by atoms with van der Waals surface area (Å²) < 4.78 is 15.9. The molecule has 0 saturated heterocycles. The van der Waals surface area contributed by atoms with Gasteiger partial charge in [0.2, 0.25) is 17.7 Å². The number of hydrogen-bond acceptors (Lipinski definition) is 24. The minimum Gasteiger partial charge on any atom is -0.469 e. The molecule has 1 aromatic carbocycles. The van der Waals surface area contributed by atoms with Crippen LogP contribution in [-0.4, -0.2) is 110 Å². The van der Waals surface area contributed by atoms with Crippen molar-refractivity contribution in [3.05, 3.63) is 112 Å². The molecule has 86 heavy (non-hydrogen) atoms. The summed E-state index contributed by atoms with van der Waals surface area (Å²) in [6.45, 7) is 4.84. The topological polar surface area (TPSA) is 353 Å². The molecule has 25 nitrogen and oxygen atoms in total. The summed E-state index contributed by atoms with van der Waals surface area (Å²) in [7, 11) is 4.23. The fourth-order valence-corrected chi connectivity index (χ4v) is 14.4. The molecule has 7 amide bonds. The van der Waals surface area contributed by atoms with Crippen LogP contribution >= 0.6 is 68.0 Å². The monoisotopic (exact) mass is 1280 g/mol. The van der Waals surface area contributed by atoms with E-state index in [2.05, 4.69) is 41.9 Å². The largest absolute Gasteiger partial charge is 0.469 e. The van der Waals surface area contributed by atoms with Gasteiger partial charge in [-0.1, -0.05) is 44.2 Å². The van der Waals surface area contributed by atoms with Crippen LogP contribution in [0.1, 0.15) is 132 Å². The third kappa shape index (κ3) is 15.0. The van der Waals surface area contributed by atoms with Crippen molar-refractivity contribution in [2.75, 3.05) is 33.1 Å². The molecule has 0 unspecified atom stereocenters. The Morgan fingerprint density at radius 3 is 2.21 bits per heavy atom. The van der Waals surface area contributed by atoms with E-state index >= 15 is 0 Å². The second kappa shape index (κ2) is 28.2. The van der Waals surface area contributed by atoms with E-state index in [0.717, 1.165) is 34.0 Å². The van der Waals surface area contributed by atoms with Crippen LogP contribution in [0, 0.1) is 12.8 Å². The molecular weight excluding hydrogens is 1230 g/mol. The van der Waals surface area contributed by atoms with Gasteiger partial charge in [0.1, 0.15) is 64.7 Å². The number of nitrogens with two attached hydrogens (primary N) is 1. The molecule has 1 aliphatic rings. The smallest absolute Gasteiger partial charge is 0.405 e. The molecule has 4 atom stereocenters. The van der Waals surface area contributed by atoms with Crippen molar-refractivity contribution in [2.24, 2.45) is 11.7 Å². The quantitative estimate of drug-likeness (QED) is 0.0376. The molecular formula is C55H56N14O11S6. The number of amides is 7. The highest BCUT2D eigenvalue weighted by Gasteiger charge is 2.35. The number of thiazole rings is 6. The number of nitrogens with zero attached hydrogens (tertiary/aromatic N) is 7. The van der Waals surface area contributed by atoms with Gasteiger partial charge in [-0.3, -0.25) is 33.6 Å². The Morgan fingerprint density at radius 1 is 0.709 bits per heavy atom. The average molecular weight is 1280 g/mol. The molecule has 448 valence electrons. The number of aryl methyl sites for hydroxylation is 1. The lowest BCUT2D eigenvalue weighted by molar-refractivity contribution is -0.140. The highest BCUT2D eigenvalue weighted by atomic mass is 32.1. The second-order valence-electron chi connectivity index (χ2n) is 19.4. The molecule has 9 rings (SSSR count). The van der Waals surface area contributed by atoms with Crippen LogP contribution in [0.15, 0.2) is 64.8 Å². The zero-order chi connectivity index (χ0) is 61.2. The van der Waals surface area contributed by atoms with Crippen LogP contribution in [0.2, 0.25) is 0 Å². The number of fused-ring (bicyclic) bond motifs is 14. The van der Waals surface area contributed by atoms with Gasteiger partial charge in [-0.25, -0.2) is 39.7 Å². The van der Waals surface area contributed by atoms with E-state index in [0.29, 0.717) is 81.5 Å². The number of methoxy groups -OCH3 is 2. The molecule has 10 bridgehead atoms. The summed E-state index contributed by atoms with van der Waals surface area (Å²) >= 11 is 7.07. The number of benzene rings is 1. The Kier molecular flexibility index (Phi) is 20.4. The molecule has 8 heterocycles. The molecule has 8 N–H and O–H groups in total. The van der Waals surface area contributed by atoms with Gasteiger partial charge in [0.05, 0.1) is 59.9 Å². The lowest BCUT2D eigenvalue weighted by Gasteiger charge is -2.26. The van der Waals surface area contributed by atoms with E-state index in [4.69, 9.17) is 44.9 Å². The van der Waals surface area contributed by atoms with Crippen LogP contribution in [0.5, 0.6) is 0 Å². The molecule has 0 fully saturated rings. The van der Waals surface area contributed by atoms with Crippen LogP contribution in [-0.2, 0) is 40.0 Å². The van der Waals surface area contributed by atoms with E-state index in [1.54, 1.807) is 71.7 Å². The Labute approximate surface area is 515 Å². The number of carbonyl (C=O) groups excluding carboxylic acids is 8. The minimum absolute atomic E-state index is 0.0163. The molecule has 31 heteroatoms. The Balaban J connectivity index is 1.12. The number of aromatic nitrogens is 7. The number of ether oxygens (including phenoxy) is 3. The van der Waals surface area contributed by atoms with Crippen LogP contribution in [0.3, 0.4) is 0 Å². The molecule has 0 radical (unpaired) electrons. The van der Waals surface area contributed by atoms with Crippen molar-refractivity contribution in [1.29, 1.82) is 0 Å². The Morgan fingerprint density at radius 2 is 1.47 bits per heavy atom. The number of rotatable bonds is 15. The Bertz CT molecular complexity index is 3820. The number of unbranched alkanes of at least 4 members (excludes halogenated alkanes) is 1. The normalized spacial score (nSPS) is 16.0. The third-order valence-electron chi connectivity index (χ3n) is 13.0. The van der Waals surface area contributed by atoms with Crippen LogP contribution < -0.4 is 37.6 Å². The summed E-state index contributed by atoms with van der Waals surface area (Å²) in [5.41, 5.74) is 7.89. The van der Waals surface area contributed by atoms with Gasteiger partial charge in [-0.15, -0.1) is 68.0 Å². The summed E-state index contributed by atoms with van der Waals surface area (Å²) in [6, 6.07) is 9.24. The van der Waals surface area contributed by atoms with E-state index < -0.39 is 66.4 Å². The van der Waals surface area contributed by atoms with Crippen LogP contribution in [0.4, 0.5) is 10.6 Å². The number of anilines is 1. The van der Waals surface area contributed by atoms with Crippen molar-refractivity contribution in [3.63, 3.8) is 0 Å². The van der Waals surface area contributed by atoms with Gasteiger partial charge in [-0.2, -0.15) is 0 Å². The SMILES string of the molecule is CNC(=O)C[C@@H]1NC(=O)c2csc(n2)-c2ccc(-c3nc(NC(=O)CCCCC(=O)OC)cs3)nc2-c2cnc(s2)-c2csc(n2)[C@H]([C@@H](OC(N)=O)c2ccccc2)NC(=O)CNC(=O)c2nc(sc2COC)[C@H](C(C)C)NC(=O)c2nc1sc2C. The summed E-state index contributed by atoms with van der Waals surface area (Å²) in [6.07, 6.45) is 0.353. The number of nitrogens with one attached hydrogen (secondary N) is 6. The van der Waals surface area contributed by atoms with Crippen molar-refractivity contribution in [2.45, 2.75) is 83.7 Å². The van der Waals surface area contributed by atoms with Crippen molar-refractivity contribution in [3.8, 4) is 42.5 Å². The molecule has 1 aliphatic heterocycles. The number of hydrogen-bond donors (Lipinski definition) is 7. The predicted octanol–water partition coefficient (Wildman–Crippen LogP) is 8.09. The summed E-state index contributed by atoms with van der Waals surface area (Å²) in [5.74, 6) is -3.61. The fourth-order valence-electron chi connectivity index (χ4n) is 8.74. The second-order valence-corrected chi connectivity index (χ2v) is 25.4. The third-order valence-corrected chi connectivity index (χ3v) is 18.9. The maximum atomic E-state index is 14.3. The molecule has 0 spiro atoms. The van der Waals surface area contributed by atoms with Gasteiger partial charge in [0.25, 0.3) is 17.7 Å². The predicted molar refractivity (Wildman–Crippen MR) is 324 cm³/mol. The van der Waals surface area contributed by atoms with E-state index in [9.17, 15) is 38.4 Å². The number of primary amides is 1. The average Bonchev–Trinajstić information content (AvgIpc) is 2.06. The molecule has 0 aliphatic carbocycles. The zero-order valence-electron chi connectivity index (χ0n) is 46.8. The maximum Gasteiger partial charge on any atom is 0.405 e. The van der Waals surface area contributed by atoms with E-state index in [1.165, 1.54) is 55.3 Å². The summed E-state index contributed by atoms with van der Waals surface area (Å²) in [4.78, 5) is 142. The number of pyridine rings is 1. The van der Waals surface area contributed by atoms with E-state index in [-0.39, 0.29) is 70.8 Å². The lowest BCUT2D eigenvalue weighted by atomic mass is 10.0. The van der Waals surface area contributed by atoms with Gasteiger partial charge in [0, 0.05) is 59.8 Å². The van der Waals surface area contributed by atoms with Crippen molar-refractivity contribution >= 4 is 121 Å². The van der Waals surface area contributed by atoms with Gasteiger partial charge < -0.3 is 51.8 Å². The fraction of sp³-hybridized carbons (Fsp3) is 0.327. The first-order valence-corrected chi connectivity index (χ1v) is 31.6. The zero-order valence-corrected chi connectivity index (χ0v) is 51.7. The van der Waals surface area contributed by atoms with Crippen molar-refractivity contribution < 1.29 is 52.6 Å². The first-order chi connectivity index (χ1) is 41.4. The lowest BCUT2D eigenvalue weighted by Crippen LogP contribution is -2.41. The highest BCUT2D eigenvalue weighted by Crippen LogP contribution is 2.42. The highest BCUT2D eigenvalue weighted by molar-refractivity contribution is 7.19. The number of esters is 1. The standard InChI is InChI=1S/C55H56N14O11S6/c1-25(2)40-54-69-43(34(86-54)21-78-5)47(75)58-20-38(72)66-44(45(80-55(56)77)27-12-8-7-9-13-27)53-63-32(23-82-53)50-59-19-33(85-50)42-28(16-17-29(60-42)51-65-35(24-83-51)64-36(70)14-10-11-15-39(73)79-6)49-62-31(22-81-49)46(74)61-30(18-37(71)57-4)52-68-41(26(3)84-52)48(76)67-40/h7-9,12-13,16-17,19,22-25,30,40,44-45H,10-11,14-15,18,20-21H2,1-6H3,(H2,56,77)(H,57,71)(H,58,75)(H,61,74)(H,64,70)(H,66,72)(H,67,76)/t30-,40-,44-,45-/m0/s1. The molecule has 7 aromatic heterocycles. The van der Waals surface area contributed by atoms with Gasteiger partial charge in [0.15, 0.2) is 6.10 Å². The van der Waals surface area contributed by atoms with Gasteiger partial charge >= 0.3 is 12.1 Å². The van der Waals surface area contributed by atoms with Crippen LogP contribution in [0.25, 0.3) is 42.5 Å². The minimum atomic E-state index is -1.21. The van der Waals surface area contributed by atoms with Crippen molar-refractivity contribution in [1.82, 2.24) is 61.5 Å². The molecule has 0 saturated carbocycles. The Hall–Kier alpha value is -8.33. The maximum absolute atomic E-state index is 14.3. The first kappa shape index (κ1) is 62.2. The summed E-state index contributed by atoms with van der Waals surface area (Å²) in [5, 5.41) is 24.1.